The molecule has 5 heteroatoms. The van der Waals surface area contributed by atoms with Crippen LogP contribution in [-0.2, 0) is 4.74 Å². The Labute approximate surface area is 59.8 Å². The van der Waals surface area contributed by atoms with Gasteiger partial charge >= 0.3 is 0 Å². The average molecular weight is 144 g/mol. The molecule has 0 aromatic heterocycles. The maximum atomic E-state index is 9.01. The van der Waals surface area contributed by atoms with Crippen LogP contribution in [0.25, 0.3) is 0 Å². The van der Waals surface area contributed by atoms with Gasteiger partial charge in [0.1, 0.15) is 20.1 Å². The van der Waals surface area contributed by atoms with Crippen LogP contribution in [0.2, 0.25) is 0 Å². The van der Waals surface area contributed by atoms with Gasteiger partial charge in [-0.15, -0.1) is 0 Å². The monoisotopic (exact) mass is 144 g/mol. The number of aliphatic hydroxyl groups excluding tert-OH is 3. The highest BCUT2D eigenvalue weighted by Gasteiger charge is 2.38. The molecule has 2 unspecified atom stereocenters. The topological polar surface area (TPSA) is 69.9 Å². The minimum absolute atomic E-state index is 0.327. The molecule has 4 nitrogen and oxygen atoms in total. The van der Waals surface area contributed by atoms with Crippen LogP contribution in [0.5, 0.6) is 0 Å². The number of aliphatic hydroxyl groups is 3. The van der Waals surface area contributed by atoms with Gasteiger partial charge in [-0.2, -0.15) is 0 Å². The summed E-state index contributed by atoms with van der Waals surface area (Å²) in [5.41, 5.74) is 0. The predicted molar refractivity (Wildman–Crippen MR) is 33.5 cm³/mol. The number of hydrogen-bond acceptors (Lipinski definition) is 4. The van der Waals surface area contributed by atoms with Gasteiger partial charge < -0.3 is 20.1 Å². The Kier molecular flexibility index (Phi) is 2.30. The Bertz CT molecular complexity index is 120. The molecule has 1 fully saturated rings. The summed E-state index contributed by atoms with van der Waals surface area (Å²) in [4.78, 5) is 0. The fraction of sp³-hybridized carbons (Fsp3) is 1.00. The van der Waals surface area contributed by atoms with Crippen molar-refractivity contribution in [2.75, 3.05) is 6.61 Å². The van der Waals surface area contributed by atoms with E-state index >= 15 is 0 Å². The van der Waals surface area contributed by atoms with E-state index < -0.39 is 24.3 Å². The van der Waals surface area contributed by atoms with E-state index in [1.807, 2.05) is 0 Å². The molecule has 2 radical (unpaired) electrons. The zero-order valence-electron chi connectivity index (χ0n) is 5.34. The standard InChI is InChI=1S/C5H9BO4/c6-5-4(9)3(8)2(1-7)10-5/h2-5,7-9H,1H2/t2-,3?,4?,5-/m1/s1. The molecule has 0 aliphatic carbocycles. The fourth-order valence-corrected chi connectivity index (χ4v) is 0.928. The molecule has 0 amide bonds. The highest BCUT2D eigenvalue weighted by atomic mass is 16.5. The van der Waals surface area contributed by atoms with Crippen molar-refractivity contribution < 1.29 is 20.1 Å². The maximum absolute atomic E-state index is 9.01. The molecular formula is C5H9BO4. The van der Waals surface area contributed by atoms with Crippen LogP contribution < -0.4 is 0 Å². The fourth-order valence-electron chi connectivity index (χ4n) is 0.928. The molecule has 3 N–H and O–H groups in total. The third kappa shape index (κ3) is 1.18. The normalized spacial score (nSPS) is 47.9. The van der Waals surface area contributed by atoms with Crippen molar-refractivity contribution in [1.29, 1.82) is 0 Å². The van der Waals surface area contributed by atoms with Crippen molar-refractivity contribution in [2.45, 2.75) is 24.3 Å². The second-order valence-corrected chi connectivity index (χ2v) is 2.30. The lowest BCUT2D eigenvalue weighted by atomic mass is 9.93. The van der Waals surface area contributed by atoms with Crippen molar-refractivity contribution in [3.8, 4) is 0 Å². The molecule has 56 valence electrons. The predicted octanol–water partition coefficient (Wildman–Crippen LogP) is -2.41. The quantitative estimate of drug-likeness (QED) is 0.358. The van der Waals surface area contributed by atoms with Crippen molar-refractivity contribution >= 4 is 7.85 Å². The lowest BCUT2D eigenvalue weighted by Gasteiger charge is -2.10. The molecule has 0 bridgehead atoms. The van der Waals surface area contributed by atoms with Gasteiger partial charge in [0, 0.05) is 6.00 Å². The molecule has 4 atom stereocenters. The van der Waals surface area contributed by atoms with E-state index in [1.54, 1.807) is 0 Å². The van der Waals surface area contributed by atoms with Crippen LogP contribution in [0, 0.1) is 0 Å². The third-order valence-corrected chi connectivity index (χ3v) is 1.58. The molecule has 0 aromatic rings. The van der Waals surface area contributed by atoms with Crippen LogP contribution in [0.1, 0.15) is 0 Å². The van der Waals surface area contributed by atoms with E-state index in [0.29, 0.717) is 0 Å². The van der Waals surface area contributed by atoms with Crippen molar-refractivity contribution in [3.05, 3.63) is 0 Å². The number of rotatable bonds is 1. The van der Waals surface area contributed by atoms with E-state index in [0.717, 1.165) is 0 Å². The van der Waals surface area contributed by atoms with Crippen LogP contribution in [-0.4, -0.2) is 54.1 Å². The Morgan fingerprint density at radius 2 is 1.90 bits per heavy atom. The molecule has 1 saturated heterocycles. The van der Waals surface area contributed by atoms with Crippen molar-refractivity contribution in [3.63, 3.8) is 0 Å². The van der Waals surface area contributed by atoms with Crippen LogP contribution in [0.3, 0.4) is 0 Å². The van der Waals surface area contributed by atoms with E-state index in [-0.39, 0.29) is 6.61 Å². The summed E-state index contributed by atoms with van der Waals surface area (Å²) in [5, 5.41) is 26.5. The molecular weight excluding hydrogens is 135 g/mol. The van der Waals surface area contributed by atoms with Crippen molar-refractivity contribution in [2.24, 2.45) is 0 Å². The molecule has 1 aliphatic heterocycles. The summed E-state index contributed by atoms with van der Waals surface area (Å²) < 4.78 is 4.76. The third-order valence-electron chi connectivity index (χ3n) is 1.58. The lowest BCUT2D eigenvalue weighted by molar-refractivity contribution is -0.00875. The van der Waals surface area contributed by atoms with Gasteiger partial charge in [-0.25, -0.2) is 0 Å². The zero-order valence-corrected chi connectivity index (χ0v) is 5.34. The maximum Gasteiger partial charge on any atom is 0.112 e. The summed E-state index contributed by atoms with van der Waals surface area (Å²) in [6.45, 7) is -0.327. The van der Waals surface area contributed by atoms with Gasteiger partial charge in [0.25, 0.3) is 0 Å². The van der Waals surface area contributed by atoms with Gasteiger partial charge in [-0.3, -0.25) is 0 Å². The molecule has 10 heavy (non-hydrogen) atoms. The molecule has 0 spiro atoms. The minimum atomic E-state index is -1.09. The highest BCUT2D eigenvalue weighted by Crippen LogP contribution is 2.18. The van der Waals surface area contributed by atoms with Crippen LogP contribution in [0.4, 0.5) is 0 Å². The number of hydrogen-bond donors (Lipinski definition) is 3. The molecule has 0 saturated carbocycles. The van der Waals surface area contributed by atoms with Gasteiger partial charge in [0.15, 0.2) is 0 Å². The smallest absolute Gasteiger partial charge is 0.112 e. The first-order valence-electron chi connectivity index (χ1n) is 3.05. The first kappa shape index (κ1) is 8.01. The van der Waals surface area contributed by atoms with E-state index in [4.69, 9.17) is 27.9 Å². The van der Waals surface area contributed by atoms with Crippen LogP contribution >= 0.6 is 0 Å². The summed E-state index contributed by atoms with van der Waals surface area (Å²) in [7, 11) is 5.19. The highest BCUT2D eigenvalue weighted by molar-refractivity contribution is 6.11. The lowest BCUT2D eigenvalue weighted by Crippen LogP contribution is -2.33. The molecule has 1 aliphatic rings. The Morgan fingerprint density at radius 1 is 1.30 bits per heavy atom. The second kappa shape index (κ2) is 2.88. The summed E-state index contributed by atoms with van der Waals surface area (Å²) in [6.07, 6.45) is -2.90. The van der Waals surface area contributed by atoms with Gasteiger partial charge in [-0.05, 0) is 0 Å². The molecule has 1 heterocycles. The average Bonchev–Trinajstić information content (AvgIpc) is 2.17. The van der Waals surface area contributed by atoms with E-state index in [9.17, 15) is 0 Å². The first-order chi connectivity index (χ1) is 4.66. The minimum Gasteiger partial charge on any atom is -0.394 e. The van der Waals surface area contributed by atoms with Crippen LogP contribution in [0.15, 0.2) is 0 Å². The SMILES string of the molecule is [B][C@@H]1O[C@H](CO)C(O)C1O. The van der Waals surface area contributed by atoms with Crippen molar-refractivity contribution in [1.82, 2.24) is 0 Å². The first-order valence-corrected chi connectivity index (χ1v) is 3.05. The van der Waals surface area contributed by atoms with E-state index in [2.05, 4.69) is 0 Å². The van der Waals surface area contributed by atoms with Gasteiger partial charge in [0.2, 0.25) is 0 Å². The molecule has 1 rings (SSSR count). The largest absolute Gasteiger partial charge is 0.394 e. The summed E-state index contributed by atoms with van der Waals surface area (Å²) in [5.74, 6) is 0. The molecule has 0 aromatic carbocycles. The van der Waals surface area contributed by atoms with Gasteiger partial charge in [-0.1, -0.05) is 0 Å². The Balaban J connectivity index is 2.53. The summed E-state index contributed by atoms with van der Waals surface area (Å²) in [6, 6.07) is -0.882. The summed E-state index contributed by atoms with van der Waals surface area (Å²) >= 11 is 0. The zero-order chi connectivity index (χ0) is 7.72. The Morgan fingerprint density at radius 3 is 2.10 bits per heavy atom. The second-order valence-electron chi connectivity index (χ2n) is 2.30. The van der Waals surface area contributed by atoms with Gasteiger partial charge in [0.05, 0.1) is 12.7 Å². The number of ether oxygens (including phenoxy) is 1. The Hall–Kier alpha value is -0.0951. The van der Waals surface area contributed by atoms with E-state index in [1.165, 1.54) is 0 Å².